The minimum atomic E-state index is 0.641. The molecule has 0 radical (unpaired) electrons. The van der Waals surface area contributed by atoms with E-state index in [1.54, 1.807) is 0 Å². The summed E-state index contributed by atoms with van der Waals surface area (Å²) in [5.74, 6) is 1.74. The van der Waals surface area contributed by atoms with Crippen molar-refractivity contribution in [1.82, 2.24) is 15.1 Å². The fourth-order valence-electron chi connectivity index (χ4n) is 3.87. The normalized spacial score (nSPS) is 17.6. The molecule has 1 saturated heterocycles. The Morgan fingerprint density at radius 3 is 2.36 bits per heavy atom. The van der Waals surface area contributed by atoms with Gasteiger partial charge in [0.15, 0.2) is 11.5 Å². The lowest BCUT2D eigenvalue weighted by Crippen LogP contribution is -2.46. The number of rotatable bonds is 8. The molecule has 0 saturated carbocycles. The van der Waals surface area contributed by atoms with Crippen LogP contribution in [0.1, 0.15) is 17.5 Å². The van der Waals surface area contributed by atoms with Gasteiger partial charge in [-0.05, 0) is 42.8 Å². The summed E-state index contributed by atoms with van der Waals surface area (Å²) in [5, 5.41) is 3.56. The summed E-state index contributed by atoms with van der Waals surface area (Å²) in [4.78, 5) is 5.15. The molecule has 2 aliphatic heterocycles. The number of hydrogen-bond donors (Lipinski definition) is 1. The molecule has 2 heterocycles. The van der Waals surface area contributed by atoms with Crippen molar-refractivity contribution < 1.29 is 9.47 Å². The molecule has 2 aliphatic rings. The molecule has 5 nitrogen and oxygen atoms in total. The van der Waals surface area contributed by atoms with Crippen molar-refractivity contribution in [3.63, 3.8) is 0 Å². The topological polar surface area (TPSA) is 37.0 Å². The van der Waals surface area contributed by atoms with E-state index in [-0.39, 0.29) is 0 Å². The van der Waals surface area contributed by atoms with Gasteiger partial charge in [-0.25, -0.2) is 0 Å². The largest absolute Gasteiger partial charge is 0.486 e. The first-order chi connectivity index (χ1) is 13.9. The lowest BCUT2D eigenvalue weighted by Gasteiger charge is -2.34. The zero-order chi connectivity index (χ0) is 19.0. The lowest BCUT2D eigenvalue weighted by atomic mass is 10.2. The molecule has 0 bridgehead atoms. The van der Waals surface area contributed by atoms with Crippen molar-refractivity contribution in [2.24, 2.45) is 0 Å². The first-order valence-electron chi connectivity index (χ1n) is 10.4. The molecular weight excluding hydrogens is 350 g/mol. The number of nitrogens with zero attached hydrogens (tertiary/aromatic N) is 2. The zero-order valence-corrected chi connectivity index (χ0v) is 16.6. The minimum absolute atomic E-state index is 0.641. The molecule has 0 spiro atoms. The van der Waals surface area contributed by atoms with Gasteiger partial charge in [-0.15, -0.1) is 0 Å². The van der Waals surface area contributed by atoms with E-state index in [2.05, 4.69) is 57.6 Å². The average Bonchev–Trinajstić information content (AvgIpc) is 2.75. The maximum Gasteiger partial charge on any atom is 0.161 e. The Morgan fingerprint density at radius 2 is 1.54 bits per heavy atom. The van der Waals surface area contributed by atoms with E-state index >= 15 is 0 Å². The van der Waals surface area contributed by atoms with Gasteiger partial charge in [-0.3, -0.25) is 4.90 Å². The molecule has 0 aliphatic carbocycles. The molecule has 1 N–H and O–H groups in total. The standard InChI is InChI=1S/C23H31N3O2/c1-2-5-20(6-3-1)19-26-13-11-25(12-14-26)10-4-9-24-18-21-7-8-22-23(17-21)28-16-15-27-22/h1-3,5-8,17,24H,4,9-16,18-19H2. The SMILES string of the molecule is c1ccc(CN2CCN(CCCNCc3ccc4c(c3)OCCO4)CC2)cc1. The summed E-state index contributed by atoms with van der Waals surface area (Å²) in [6.45, 7) is 10.1. The second-order valence-corrected chi connectivity index (χ2v) is 7.61. The zero-order valence-electron chi connectivity index (χ0n) is 16.6. The van der Waals surface area contributed by atoms with Gasteiger partial charge in [0, 0.05) is 39.3 Å². The molecule has 1 fully saturated rings. The Hall–Kier alpha value is -2.08. The van der Waals surface area contributed by atoms with Crippen molar-refractivity contribution in [2.75, 3.05) is 52.5 Å². The quantitative estimate of drug-likeness (QED) is 0.712. The Bertz CT molecular complexity index is 730. The maximum absolute atomic E-state index is 5.65. The van der Waals surface area contributed by atoms with E-state index in [0.717, 1.165) is 31.1 Å². The highest BCUT2D eigenvalue weighted by molar-refractivity contribution is 5.43. The van der Waals surface area contributed by atoms with Gasteiger partial charge in [-0.2, -0.15) is 0 Å². The van der Waals surface area contributed by atoms with Crippen LogP contribution < -0.4 is 14.8 Å². The molecule has 0 amide bonds. The second-order valence-electron chi connectivity index (χ2n) is 7.61. The van der Waals surface area contributed by atoms with Crippen LogP contribution in [-0.2, 0) is 13.1 Å². The van der Waals surface area contributed by atoms with Crippen molar-refractivity contribution in [1.29, 1.82) is 0 Å². The first-order valence-corrected chi connectivity index (χ1v) is 10.4. The molecule has 0 aromatic heterocycles. The van der Waals surface area contributed by atoms with Crippen LogP contribution >= 0.6 is 0 Å². The van der Waals surface area contributed by atoms with Gasteiger partial charge in [-0.1, -0.05) is 36.4 Å². The highest BCUT2D eigenvalue weighted by atomic mass is 16.6. The van der Waals surface area contributed by atoms with Gasteiger partial charge in [0.2, 0.25) is 0 Å². The van der Waals surface area contributed by atoms with E-state index in [4.69, 9.17) is 9.47 Å². The third kappa shape index (κ3) is 5.47. The number of ether oxygens (including phenoxy) is 2. The summed E-state index contributed by atoms with van der Waals surface area (Å²) < 4.78 is 11.2. The smallest absolute Gasteiger partial charge is 0.161 e. The molecule has 0 unspecified atom stereocenters. The van der Waals surface area contributed by atoms with E-state index in [0.29, 0.717) is 13.2 Å². The monoisotopic (exact) mass is 381 g/mol. The van der Waals surface area contributed by atoms with Gasteiger partial charge in [0.1, 0.15) is 13.2 Å². The van der Waals surface area contributed by atoms with Gasteiger partial charge >= 0.3 is 0 Å². The highest BCUT2D eigenvalue weighted by Crippen LogP contribution is 2.30. The van der Waals surface area contributed by atoms with E-state index in [1.165, 1.54) is 50.3 Å². The van der Waals surface area contributed by atoms with E-state index < -0.39 is 0 Å². The highest BCUT2D eigenvalue weighted by Gasteiger charge is 2.16. The third-order valence-corrected chi connectivity index (χ3v) is 5.48. The van der Waals surface area contributed by atoms with Crippen LogP contribution in [0.2, 0.25) is 0 Å². The van der Waals surface area contributed by atoms with Crippen LogP contribution in [0.25, 0.3) is 0 Å². The molecule has 0 atom stereocenters. The first kappa shape index (κ1) is 19.2. The average molecular weight is 382 g/mol. The third-order valence-electron chi connectivity index (χ3n) is 5.48. The van der Waals surface area contributed by atoms with Gasteiger partial charge in [0.05, 0.1) is 0 Å². The number of benzene rings is 2. The molecule has 28 heavy (non-hydrogen) atoms. The summed E-state index contributed by atoms with van der Waals surface area (Å²) >= 11 is 0. The number of nitrogens with one attached hydrogen (secondary N) is 1. The maximum atomic E-state index is 5.65. The van der Waals surface area contributed by atoms with E-state index in [1.807, 2.05) is 6.07 Å². The fourth-order valence-corrected chi connectivity index (χ4v) is 3.87. The number of piperazine rings is 1. The molecule has 2 aromatic carbocycles. The predicted molar refractivity (Wildman–Crippen MR) is 112 cm³/mol. The lowest BCUT2D eigenvalue weighted by molar-refractivity contribution is 0.126. The fraction of sp³-hybridized carbons (Fsp3) is 0.478. The van der Waals surface area contributed by atoms with Crippen LogP contribution in [0.3, 0.4) is 0 Å². The summed E-state index contributed by atoms with van der Waals surface area (Å²) in [7, 11) is 0. The molecular formula is C23H31N3O2. The minimum Gasteiger partial charge on any atom is -0.486 e. The van der Waals surface area contributed by atoms with Crippen molar-refractivity contribution in [3.8, 4) is 11.5 Å². The summed E-state index contributed by atoms with van der Waals surface area (Å²) in [6, 6.07) is 17.0. The van der Waals surface area contributed by atoms with E-state index in [9.17, 15) is 0 Å². The van der Waals surface area contributed by atoms with Crippen LogP contribution in [0, 0.1) is 0 Å². The Kier molecular flexibility index (Phi) is 6.82. The Labute approximate surface area is 168 Å². The molecule has 4 rings (SSSR count). The Morgan fingerprint density at radius 1 is 0.786 bits per heavy atom. The van der Waals surface area contributed by atoms with Crippen molar-refractivity contribution in [2.45, 2.75) is 19.5 Å². The number of fused-ring (bicyclic) bond motifs is 1. The summed E-state index contributed by atoms with van der Waals surface area (Å²) in [5.41, 5.74) is 2.66. The molecule has 2 aromatic rings. The van der Waals surface area contributed by atoms with Gasteiger partial charge < -0.3 is 19.7 Å². The van der Waals surface area contributed by atoms with Crippen molar-refractivity contribution >= 4 is 0 Å². The van der Waals surface area contributed by atoms with Crippen LogP contribution in [0.15, 0.2) is 48.5 Å². The number of hydrogen-bond acceptors (Lipinski definition) is 5. The van der Waals surface area contributed by atoms with Crippen LogP contribution in [-0.4, -0.2) is 62.3 Å². The predicted octanol–water partition coefficient (Wildman–Crippen LogP) is 2.76. The summed E-state index contributed by atoms with van der Waals surface area (Å²) in [6.07, 6.45) is 1.18. The van der Waals surface area contributed by atoms with Crippen LogP contribution in [0.4, 0.5) is 0 Å². The van der Waals surface area contributed by atoms with Crippen LogP contribution in [0.5, 0.6) is 11.5 Å². The Balaban J connectivity index is 1.09. The molecule has 5 heteroatoms. The second kappa shape index (κ2) is 9.92. The van der Waals surface area contributed by atoms with Gasteiger partial charge in [0.25, 0.3) is 0 Å². The molecule has 150 valence electrons. The van der Waals surface area contributed by atoms with Crippen molar-refractivity contribution in [3.05, 3.63) is 59.7 Å².